The molecule has 1 aromatic heterocycles. The fourth-order valence-electron chi connectivity index (χ4n) is 1.57. The van der Waals surface area contributed by atoms with Gasteiger partial charge in [-0.05, 0) is 25.7 Å². The first kappa shape index (κ1) is 14.6. The smallest absolute Gasteiger partial charge is 0.191 e. The third kappa shape index (κ3) is 5.72. The van der Waals surface area contributed by atoms with Gasteiger partial charge in [0.25, 0.3) is 0 Å². The highest BCUT2D eigenvalue weighted by Gasteiger charge is 1.98. The summed E-state index contributed by atoms with van der Waals surface area (Å²) in [7, 11) is 3.92. The van der Waals surface area contributed by atoms with Gasteiger partial charge in [-0.1, -0.05) is 6.92 Å². The van der Waals surface area contributed by atoms with E-state index in [4.69, 9.17) is 0 Å². The van der Waals surface area contributed by atoms with Gasteiger partial charge in [0.05, 0.1) is 0 Å². The number of nitrogens with one attached hydrogen (secondary N) is 2. The predicted octanol–water partition coefficient (Wildman–Crippen LogP) is 0.605. The molecule has 0 fully saturated rings. The highest BCUT2D eigenvalue weighted by atomic mass is 15.2. The minimum Gasteiger partial charge on any atom is -0.355 e. The van der Waals surface area contributed by atoms with Crippen molar-refractivity contribution in [2.45, 2.75) is 13.5 Å². The van der Waals surface area contributed by atoms with Gasteiger partial charge in [-0.3, -0.25) is 4.99 Å². The van der Waals surface area contributed by atoms with Gasteiger partial charge in [0.15, 0.2) is 5.96 Å². The molecule has 1 rings (SSSR count). The molecule has 2 N–H and O–H groups in total. The van der Waals surface area contributed by atoms with Crippen molar-refractivity contribution < 1.29 is 0 Å². The number of hydrogen-bond acceptors (Lipinski definition) is 2. The number of aliphatic imine (C=N–C) groups is 1. The molecule has 5 nitrogen and oxygen atoms in total. The Bertz CT molecular complexity index is 331. The molecule has 1 heterocycles. The Morgan fingerprint density at radius 1 is 1.22 bits per heavy atom. The number of guanidine groups is 1. The summed E-state index contributed by atoms with van der Waals surface area (Å²) in [6, 6.07) is 4.07. The topological polar surface area (TPSA) is 44.6 Å². The number of nitrogens with zero attached hydrogens (tertiary/aromatic N) is 3. The van der Waals surface area contributed by atoms with E-state index in [9.17, 15) is 0 Å². The Labute approximate surface area is 110 Å². The standard InChI is InChI=1S/C13H25N5/c1-4-17(3)11-7-15-13(14-2)16-8-12-18-9-5-6-10-18/h5-6,9-10H,4,7-8,11-12H2,1-3H3,(H2,14,15,16). The van der Waals surface area contributed by atoms with E-state index >= 15 is 0 Å². The van der Waals surface area contributed by atoms with Crippen LogP contribution in [0.1, 0.15) is 6.92 Å². The highest BCUT2D eigenvalue weighted by Crippen LogP contribution is 1.87. The summed E-state index contributed by atoms with van der Waals surface area (Å²) in [4.78, 5) is 6.46. The molecular formula is C13H25N5. The SMILES string of the molecule is CCN(C)CCNC(=NC)NCCn1cccc1. The van der Waals surface area contributed by atoms with Crippen molar-refractivity contribution in [3.05, 3.63) is 24.5 Å². The monoisotopic (exact) mass is 251 g/mol. The number of likely N-dealkylation sites (N-methyl/N-ethyl adjacent to an activating group) is 1. The van der Waals surface area contributed by atoms with E-state index in [0.717, 1.165) is 38.7 Å². The average Bonchev–Trinajstić information content (AvgIpc) is 2.89. The Hall–Kier alpha value is -1.49. The first-order valence-electron chi connectivity index (χ1n) is 6.50. The van der Waals surface area contributed by atoms with Gasteiger partial charge >= 0.3 is 0 Å². The molecule has 0 bridgehead atoms. The maximum Gasteiger partial charge on any atom is 0.191 e. The number of hydrogen-bond donors (Lipinski definition) is 2. The van der Waals surface area contributed by atoms with Gasteiger partial charge < -0.3 is 20.1 Å². The molecule has 18 heavy (non-hydrogen) atoms. The molecule has 0 aliphatic rings. The Morgan fingerprint density at radius 3 is 2.50 bits per heavy atom. The van der Waals surface area contributed by atoms with Crippen molar-refractivity contribution in [2.24, 2.45) is 4.99 Å². The third-order valence-electron chi connectivity index (χ3n) is 2.88. The fourth-order valence-corrected chi connectivity index (χ4v) is 1.57. The Balaban J connectivity index is 2.14. The summed E-state index contributed by atoms with van der Waals surface area (Å²) in [5, 5.41) is 6.60. The van der Waals surface area contributed by atoms with Crippen LogP contribution in [0.3, 0.4) is 0 Å². The maximum atomic E-state index is 4.20. The second kappa shape index (κ2) is 8.58. The predicted molar refractivity (Wildman–Crippen MR) is 77.0 cm³/mol. The molecule has 102 valence electrons. The van der Waals surface area contributed by atoms with Gasteiger partial charge in [-0.2, -0.15) is 0 Å². The summed E-state index contributed by atoms with van der Waals surface area (Å²) in [5.74, 6) is 0.867. The number of rotatable bonds is 7. The molecule has 0 atom stereocenters. The van der Waals surface area contributed by atoms with E-state index < -0.39 is 0 Å². The molecule has 5 heteroatoms. The van der Waals surface area contributed by atoms with Crippen molar-refractivity contribution in [1.82, 2.24) is 20.1 Å². The first-order chi connectivity index (χ1) is 8.76. The van der Waals surface area contributed by atoms with Crippen LogP contribution in [0.15, 0.2) is 29.5 Å². The largest absolute Gasteiger partial charge is 0.355 e. The van der Waals surface area contributed by atoms with Crippen molar-refractivity contribution in [1.29, 1.82) is 0 Å². The average molecular weight is 251 g/mol. The van der Waals surface area contributed by atoms with E-state index in [1.54, 1.807) is 7.05 Å². The molecule has 0 aromatic carbocycles. The second-order valence-electron chi connectivity index (χ2n) is 4.24. The number of aromatic nitrogens is 1. The zero-order valence-corrected chi connectivity index (χ0v) is 11.7. The van der Waals surface area contributed by atoms with E-state index in [0.29, 0.717) is 0 Å². The van der Waals surface area contributed by atoms with Crippen LogP contribution in [-0.4, -0.2) is 55.7 Å². The molecular weight excluding hydrogens is 226 g/mol. The van der Waals surface area contributed by atoms with Crippen LogP contribution in [0.2, 0.25) is 0 Å². The van der Waals surface area contributed by atoms with Gasteiger partial charge in [0.2, 0.25) is 0 Å². The summed E-state index contributed by atoms with van der Waals surface area (Å²) in [6.45, 7) is 6.98. The molecule has 0 radical (unpaired) electrons. The van der Waals surface area contributed by atoms with Crippen LogP contribution in [-0.2, 0) is 6.54 Å². The fraction of sp³-hybridized carbons (Fsp3) is 0.615. The van der Waals surface area contributed by atoms with Crippen LogP contribution in [0.25, 0.3) is 0 Å². The lowest BCUT2D eigenvalue weighted by Crippen LogP contribution is -2.41. The molecule has 0 aliphatic heterocycles. The molecule has 0 saturated carbocycles. The van der Waals surface area contributed by atoms with Crippen LogP contribution in [0, 0.1) is 0 Å². The van der Waals surface area contributed by atoms with Crippen molar-refractivity contribution in [3.63, 3.8) is 0 Å². The molecule has 0 amide bonds. The van der Waals surface area contributed by atoms with Crippen LogP contribution < -0.4 is 10.6 Å². The van der Waals surface area contributed by atoms with Gasteiger partial charge in [-0.25, -0.2) is 0 Å². The van der Waals surface area contributed by atoms with E-state index in [2.05, 4.69) is 51.5 Å². The lowest BCUT2D eigenvalue weighted by atomic mass is 10.5. The van der Waals surface area contributed by atoms with Crippen molar-refractivity contribution in [3.8, 4) is 0 Å². The van der Waals surface area contributed by atoms with Gasteiger partial charge in [-0.15, -0.1) is 0 Å². The quantitative estimate of drug-likeness (QED) is 0.551. The van der Waals surface area contributed by atoms with E-state index in [1.807, 2.05) is 12.1 Å². The minimum atomic E-state index is 0.867. The summed E-state index contributed by atoms with van der Waals surface area (Å²) < 4.78 is 2.14. The first-order valence-corrected chi connectivity index (χ1v) is 6.50. The molecule has 0 spiro atoms. The minimum absolute atomic E-state index is 0.867. The van der Waals surface area contributed by atoms with Gasteiger partial charge in [0, 0.05) is 45.6 Å². The normalized spacial score (nSPS) is 11.9. The van der Waals surface area contributed by atoms with Crippen LogP contribution in [0.5, 0.6) is 0 Å². The summed E-state index contributed by atoms with van der Waals surface area (Å²) in [6.07, 6.45) is 4.13. The molecule has 0 aliphatic carbocycles. The van der Waals surface area contributed by atoms with Crippen LogP contribution >= 0.6 is 0 Å². The van der Waals surface area contributed by atoms with E-state index in [-0.39, 0.29) is 0 Å². The summed E-state index contributed by atoms with van der Waals surface area (Å²) in [5.41, 5.74) is 0. The highest BCUT2D eigenvalue weighted by molar-refractivity contribution is 5.79. The van der Waals surface area contributed by atoms with Crippen molar-refractivity contribution >= 4 is 5.96 Å². The zero-order valence-electron chi connectivity index (χ0n) is 11.7. The maximum absolute atomic E-state index is 4.20. The second-order valence-corrected chi connectivity index (χ2v) is 4.24. The van der Waals surface area contributed by atoms with Crippen molar-refractivity contribution in [2.75, 3.05) is 40.3 Å². The lowest BCUT2D eigenvalue weighted by molar-refractivity contribution is 0.357. The summed E-state index contributed by atoms with van der Waals surface area (Å²) >= 11 is 0. The lowest BCUT2D eigenvalue weighted by Gasteiger charge is -2.16. The molecule has 1 aromatic rings. The molecule has 0 saturated heterocycles. The van der Waals surface area contributed by atoms with Crippen LogP contribution in [0.4, 0.5) is 0 Å². The van der Waals surface area contributed by atoms with Gasteiger partial charge in [0.1, 0.15) is 0 Å². The van der Waals surface area contributed by atoms with E-state index in [1.165, 1.54) is 0 Å². The third-order valence-corrected chi connectivity index (χ3v) is 2.88. The molecule has 0 unspecified atom stereocenters. The zero-order chi connectivity index (χ0) is 13.2. The Morgan fingerprint density at radius 2 is 1.89 bits per heavy atom. The Kier molecular flexibility index (Phi) is 6.94.